The Bertz CT molecular complexity index is 559. The van der Waals surface area contributed by atoms with Crippen molar-refractivity contribution in [3.8, 4) is 0 Å². The van der Waals surface area contributed by atoms with E-state index in [0.717, 1.165) is 38.5 Å². The molecule has 6 nitrogen and oxygen atoms in total. The van der Waals surface area contributed by atoms with Crippen molar-refractivity contribution in [3.63, 3.8) is 0 Å². The van der Waals surface area contributed by atoms with Gasteiger partial charge in [0.05, 0.1) is 0 Å². The Kier molecular flexibility index (Phi) is 8.54. The molecule has 1 aliphatic heterocycles. The molecule has 1 aromatic rings. The minimum Gasteiger partial charge on any atom is -0.386 e. The first-order chi connectivity index (χ1) is 12.6. The largest absolute Gasteiger partial charge is 0.386 e. The average Bonchev–Trinajstić information content (AvgIpc) is 3.20. The Hall–Kier alpha value is -1.95. The van der Waals surface area contributed by atoms with Gasteiger partial charge in [0.2, 0.25) is 11.8 Å². The molecule has 6 heteroatoms. The molecule has 0 radical (unpaired) electrons. The second-order valence-corrected chi connectivity index (χ2v) is 6.97. The molecule has 1 aromatic heterocycles. The molecule has 2 N–H and O–H groups in total. The van der Waals surface area contributed by atoms with Gasteiger partial charge in [-0.1, -0.05) is 32.6 Å². The van der Waals surface area contributed by atoms with Gasteiger partial charge in [0.25, 0.3) is 0 Å². The molecule has 1 fully saturated rings. The third-order valence-corrected chi connectivity index (χ3v) is 4.87. The van der Waals surface area contributed by atoms with Gasteiger partial charge in [0.1, 0.15) is 12.1 Å². The summed E-state index contributed by atoms with van der Waals surface area (Å²) >= 11 is 0. The first kappa shape index (κ1) is 20.4. The molecule has 2 rings (SSSR count). The molecular formula is C20H31N3O3. The van der Waals surface area contributed by atoms with Crippen molar-refractivity contribution in [1.29, 1.82) is 0 Å². The van der Waals surface area contributed by atoms with Gasteiger partial charge in [-0.2, -0.15) is 0 Å². The highest BCUT2D eigenvalue weighted by molar-refractivity contribution is 5.88. The molecule has 2 unspecified atom stereocenters. The zero-order chi connectivity index (χ0) is 18.8. The van der Waals surface area contributed by atoms with Gasteiger partial charge in [-0.25, -0.2) is 0 Å². The second-order valence-electron chi connectivity index (χ2n) is 6.97. The maximum absolute atomic E-state index is 12.8. The Morgan fingerprint density at radius 1 is 1.15 bits per heavy atom. The van der Waals surface area contributed by atoms with Gasteiger partial charge in [-0.05, 0) is 37.0 Å². The van der Waals surface area contributed by atoms with Gasteiger partial charge < -0.3 is 15.3 Å². The number of carbonyl (C=O) groups excluding carboxylic acids is 2. The van der Waals surface area contributed by atoms with Crippen LogP contribution in [0.2, 0.25) is 0 Å². The van der Waals surface area contributed by atoms with E-state index in [1.54, 1.807) is 29.4 Å². The zero-order valence-corrected chi connectivity index (χ0v) is 15.7. The molecule has 0 spiro atoms. The Balaban J connectivity index is 1.98. The average molecular weight is 361 g/mol. The predicted molar refractivity (Wildman–Crippen MR) is 100 cm³/mol. The van der Waals surface area contributed by atoms with Crippen LogP contribution in [0, 0.1) is 0 Å². The minimum atomic E-state index is -1.07. The number of aliphatic hydroxyl groups excluding tert-OH is 1. The molecule has 26 heavy (non-hydrogen) atoms. The lowest BCUT2D eigenvalue weighted by Gasteiger charge is -2.28. The standard InChI is InChI=1S/C20H31N3O3/c1-2-3-4-5-6-9-17(24)22-18(20(26)23-14-7-8-15-23)19(25)16-10-12-21-13-11-16/h10-13,18-19,25H,2-9,14-15H2,1H3,(H,22,24). The number of pyridine rings is 1. The number of amides is 2. The normalized spacial score (nSPS) is 16.3. The maximum Gasteiger partial charge on any atom is 0.248 e. The van der Waals surface area contributed by atoms with E-state index in [1.165, 1.54) is 6.42 Å². The van der Waals surface area contributed by atoms with Crippen molar-refractivity contribution in [2.45, 2.75) is 70.4 Å². The van der Waals surface area contributed by atoms with E-state index in [2.05, 4.69) is 17.2 Å². The number of nitrogens with zero attached hydrogens (tertiary/aromatic N) is 2. The maximum atomic E-state index is 12.8. The lowest BCUT2D eigenvalue weighted by molar-refractivity contribution is -0.139. The molecule has 2 atom stereocenters. The number of carbonyl (C=O) groups is 2. The van der Waals surface area contributed by atoms with Crippen LogP contribution in [0.1, 0.15) is 70.0 Å². The number of hydrogen-bond acceptors (Lipinski definition) is 4. The summed E-state index contributed by atoms with van der Waals surface area (Å²) in [6.45, 7) is 3.53. The summed E-state index contributed by atoms with van der Waals surface area (Å²) < 4.78 is 0. The fourth-order valence-corrected chi connectivity index (χ4v) is 3.30. The van der Waals surface area contributed by atoms with E-state index < -0.39 is 12.1 Å². The third kappa shape index (κ3) is 6.09. The summed E-state index contributed by atoms with van der Waals surface area (Å²) in [5.74, 6) is -0.377. The van der Waals surface area contributed by atoms with Crippen LogP contribution in [-0.4, -0.2) is 45.9 Å². The van der Waals surface area contributed by atoms with Gasteiger partial charge in [-0.15, -0.1) is 0 Å². The Morgan fingerprint density at radius 2 is 1.81 bits per heavy atom. The van der Waals surface area contributed by atoms with Crippen molar-refractivity contribution >= 4 is 11.8 Å². The van der Waals surface area contributed by atoms with Crippen LogP contribution in [0.4, 0.5) is 0 Å². The van der Waals surface area contributed by atoms with Crippen LogP contribution in [0.25, 0.3) is 0 Å². The van der Waals surface area contributed by atoms with E-state index in [4.69, 9.17) is 0 Å². The van der Waals surface area contributed by atoms with Crippen molar-refractivity contribution in [3.05, 3.63) is 30.1 Å². The number of aliphatic hydroxyl groups is 1. The summed E-state index contributed by atoms with van der Waals surface area (Å²) in [6, 6.07) is 2.40. The molecule has 1 saturated heterocycles. The first-order valence-electron chi connectivity index (χ1n) is 9.79. The van der Waals surface area contributed by atoms with Gasteiger partial charge >= 0.3 is 0 Å². The quantitative estimate of drug-likeness (QED) is 0.628. The SMILES string of the molecule is CCCCCCCC(=O)NC(C(=O)N1CCCC1)C(O)c1ccncc1. The summed E-state index contributed by atoms with van der Waals surface area (Å²) in [6.07, 6.45) is 9.68. The lowest BCUT2D eigenvalue weighted by Crippen LogP contribution is -2.51. The van der Waals surface area contributed by atoms with Crippen LogP contribution in [-0.2, 0) is 9.59 Å². The van der Waals surface area contributed by atoms with E-state index >= 15 is 0 Å². The Morgan fingerprint density at radius 3 is 2.46 bits per heavy atom. The highest BCUT2D eigenvalue weighted by atomic mass is 16.3. The third-order valence-electron chi connectivity index (χ3n) is 4.87. The van der Waals surface area contributed by atoms with Crippen LogP contribution < -0.4 is 5.32 Å². The van der Waals surface area contributed by atoms with E-state index in [0.29, 0.717) is 25.1 Å². The molecular weight excluding hydrogens is 330 g/mol. The molecule has 0 aliphatic carbocycles. The molecule has 1 aliphatic rings. The topological polar surface area (TPSA) is 82.5 Å². The smallest absolute Gasteiger partial charge is 0.248 e. The Labute approximate surface area is 156 Å². The predicted octanol–water partition coefficient (Wildman–Crippen LogP) is 2.58. The van der Waals surface area contributed by atoms with Crippen molar-refractivity contribution in [2.75, 3.05) is 13.1 Å². The minimum absolute atomic E-state index is 0.174. The number of nitrogens with one attached hydrogen (secondary N) is 1. The highest BCUT2D eigenvalue weighted by Crippen LogP contribution is 2.20. The number of unbranched alkanes of at least 4 members (excludes halogenated alkanes) is 4. The van der Waals surface area contributed by atoms with Crippen LogP contribution in [0.3, 0.4) is 0 Å². The lowest BCUT2D eigenvalue weighted by atomic mass is 10.0. The monoisotopic (exact) mass is 361 g/mol. The molecule has 2 amide bonds. The highest BCUT2D eigenvalue weighted by Gasteiger charge is 2.33. The summed E-state index contributed by atoms with van der Waals surface area (Å²) in [5, 5.41) is 13.5. The van der Waals surface area contributed by atoms with Crippen LogP contribution >= 0.6 is 0 Å². The van der Waals surface area contributed by atoms with Crippen molar-refractivity contribution in [1.82, 2.24) is 15.2 Å². The fourth-order valence-electron chi connectivity index (χ4n) is 3.30. The number of rotatable bonds is 10. The molecule has 2 heterocycles. The zero-order valence-electron chi connectivity index (χ0n) is 15.7. The van der Waals surface area contributed by atoms with E-state index in [-0.39, 0.29) is 11.8 Å². The fraction of sp³-hybridized carbons (Fsp3) is 0.650. The van der Waals surface area contributed by atoms with Gasteiger partial charge in [0.15, 0.2) is 0 Å². The molecule has 0 saturated carbocycles. The molecule has 0 bridgehead atoms. The van der Waals surface area contributed by atoms with Crippen molar-refractivity contribution in [2.24, 2.45) is 0 Å². The summed E-state index contributed by atoms with van der Waals surface area (Å²) in [5.41, 5.74) is 0.584. The van der Waals surface area contributed by atoms with E-state index in [1.807, 2.05) is 0 Å². The van der Waals surface area contributed by atoms with Gasteiger partial charge in [-0.3, -0.25) is 14.6 Å². The second kappa shape index (κ2) is 10.9. The van der Waals surface area contributed by atoms with Crippen LogP contribution in [0.15, 0.2) is 24.5 Å². The number of aromatic nitrogens is 1. The summed E-state index contributed by atoms with van der Waals surface area (Å²) in [7, 11) is 0. The molecule has 144 valence electrons. The summed E-state index contributed by atoms with van der Waals surface area (Å²) in [4.78, 5) is 30.9. The number of hydrogen-bond donors (Lipinski definition) is 2. The first-order valence-corrected chi connectivity index (χ1v) is 9.79. The number of likely N-dealkylation sites (tertiary alicyclic amines) is 1. The van der Waals surface area contributed by atoms with Crippen LogP contribution in [0.5, 0.6) is 0 Å². The molecule has 0 aromatic carbocycles. The van der Waals surface area contributed by atoms with Crippen molar-refractivity contribution < 1.29 is 14.7 Å². The van der Waals surface area contributed by atoms with E-state index in [9.17, 15) is 14.7 Å². The van der Waals surface area contributed by atoms with Gasteiger partial charge in [0, 0.05) is 31.9 Å².